The highest BCUT2D eigenvalue weighted by Crippen LogP contribution is 2.25. The molecule has 0 saturated carbocycles. The quantitative estimate of drug-likeness (QED) is 0.321. The second-order valence-electron chi connectivity index (χ2n) is 6.65. The van der Waals surface area contributed by atoms with Crippen molar-refractivity contribution in [3.05, 3.63) is 48.3 Å². The van der Waals surface area contributed by atoms with Crippen LogP contribution in [0.4, 0.5) is 0 Å². The molecule has 6 nitrogen and oxygen atoms in total. The van der Waals surface area contributed by atoms with Crippen LogP contribution in [0.3, 0.4) is 0 Å². The fourth-order valence-corrected chi connectivity index (χ4v) is 3.27. The maximum absolute atomic E-state index is 5.69. The molecule has 7 heteroatoms. The zero-order valence-electron chi connectivity index (χ0n) is 16.0. The fraction of sp³-hybridized carbons (Fsp3) is 0.550. The minimum atomic E-state index is 0. The summed E-state index contributed by atoms with van der Waals surface area (Å²) < 4.78 is 11.1. The van der Waals surface area contributed by atoms with Crippen molar-refractivity contribution in [3.8, 4) is 0 Å². The summed E-state index contributed by atoms with van der Waals surface area (Å²) in [5.41, 5.74) is 0. The molecule has 2 N–H and O–H groups in total. The average Bonchev–Trinajstić information content (AvgIpc) is 3.42. The van der Waals surface area contributed by atoms with E-state index in [0.717, 1.165) is 56.5 Å². The number of hydrogen-bond donors (Lipinski definition) is 2. The standard InChI is InChI=1S/C20H30N4O2.HI/c1-2-10-21-20(22-11-9-17-7-5-14-25-17)23-16-18(19-8-6-15-26-19)24-12-3-4-13-24;/h5-8,14-15,18H,2-4,9-13,16H2,1H3,(H2,21,22,23);1H. The summed E-state index contributed by atoms with van der Waals surface area (Å²) in [6, 6.07) is 8.14. The lowest BCUT2D eigenvalue weighted by molar-refractivity contribution is 0.221. The molecule has 1 aliphatic heterocycles. The van der Waals surface area contributed by atoms with Crippen LogP contribution >= 0.6 is 24.0 Å². The number of hydrogen-bond acceptors (Lipinski definition) is 4. The SMILES string of the molecule is CCCNC(=NCC(c1ccco1)N1CCCC1)NCCc1ccco1.I. The number of likely N-dealkylation sites (tertiary alicyclic amines) is 1. The van der Waals surface area contributed by atoms with Crippen molar-refractivity contribution in [1.82, 2.24) is 15.5 Å². The minimum absolute atomic E-state index is 0. The van der Waals surface area contributed by atoms with Crippen molar-refractivity contribution >= 4 is 29.9 Å². The molecule has 27 heavy (non-hydrogen) atoms. The van der Waals surface area contributed by atoms with Gasteiger partial charge in [-0.25, -0.2) is 0 Å². The van der Waals surface area contributed by atoms with E-state index < -0.39 is 0 Å². The summed E-state index contributed by atoms with van der Waals surface area (Å²) in [4.78, 5) is 7.32. The molecule has 0 aliphatic carbocycles. The van der Waals surface area contributed by atoms with Gasteiger partial charge < -0.3 is 19.5 Å². The fourth-order valence-electron chi connectivity index (χ4n) is 3.27. The second-order valence-corrected chi connectivity index (χ2v) is 6.65. The molecular weight excluding hydrogens is 455 g/mol. The Morgan fingerprint density at radius 1 is 1.11 bits per heavy atom. The molecule has 1 aliphatic rings. The molecule has 150 valence electrons. The zero-order valence-corrected chi connectivity index (χ0v) is 18.4. The average molecular weight is 486 g/mol. The smallest absolute Gasteiger partial charge is 0.191 e. The van der Waals surface area contributed by atoms with E-state index in [1.54, 1.807) is 12.5 Å². The van der Waals surface area contributed by atoms with Crippen LogP contribution in [0.15, 0.2) is 50.6 Å². The maximum atomic E-state index is 5.69. The normalized spacial score (nSPS) is 16.1. The number of guanidine groups is 1. The van der Waals surface area contributed by atoms with Crippen LogP contribution in [-0.2, 0) is 6.42 Å². The lowest BCUT2D eigenvalue weighted by Crippen LogP contribution is -2.39. The van der Waals surface area contributed by atoms with Gasteiger partial charge in [0.05, 0.1) is 25.1 Å². The monoisotopic (exact) mass is 486 g/mol. The molecule has 3 heterocycles. The number of halogens is 1. The van der Waals surface area contributed by atoms with E-state index in [-0.39, 0.29) is 30.0 Å². The molecule has 0 bridgehead atoms. The molecule has 1 fully saturated rings. The molecule has 1 unspecified atom stereocenters. The first kappa shape index (κ1) is 21.8. The highest BCUT2D eigenvalue weighted by Gasteiger charge is 2.25. The summed E-state index contributed by atoms with van der Waals surface area (Å²) in [7, 11) is 0. The van der Waals surface area contributed by atoms with Gasteiger partial charge in [0.25, 0.3) is 0 Å². The van der Waals surface area contributed by atoms with E-state index >= 15 is 0 Å². The number of aliphatic imine (C=N–C) groups is 1. The topological polar surface area (TPSA) is 65.9 Å². The predicted molar refractivity (Wildman–Crippen MR) is 119 cm³/mol. The van der Waals surface area contributed by atoms with Gasteiger partial charge in [-0.3, -0.25) is 9.89 Å². The van der Waals surface area contributed by atoms with Crippen molar-refractivity contribution in [2.24, 2.45) is 4.99 Å². The Hall–Kier alpha value is -1.48. The van der Waals surface area contributed by atoms with Crippen molar-refractivity contribution in [2.75, 3.05) is 32.7 Å². The Bertz CT molecular complexity index is 637. The highest BCUT2D eigenvalue weighted by atomic mass is 127. The summed E-state index contributed by atoms with van der Waals surface area (Å²) in [6.07, 6.45) is 7.87. The Balaban J connectivity index is 0.00000261. The molecule has 1 atom stereocenters. The number of nitrogens with one attached hydrogen (secondary N) is 2. The molecule has 0 spiro atoms. The van der Waals surface area contributed by atoms with Gasteiger partial charge in [0.15, 0.2) is 5.96 Å². The maximum Gasteiger partial charge on any atom is 0.191 e. The minimum Gasteiger partial charge on any atom is -0.469 e. The van der Waals surface area contributed by atoms with Crippen LogP contribution in [-0.4, -0.2) is 43.6 Å². The Morgan fingerprint density at radius 2 is 1.85 bits per heavy atom. The van der Waals surface area contributed by atoms with Crippen LogP contribution in [0, 0.1) is 0 Å². The third kappa shape index (κ3) is 6.88. The van der Waals surface area contributed by atoms with Crippen LogP contribution in [0.1, 0.15) is 43.7 Å². The molecule has 0 radical (unpaired) electrons. The van der Waals surface area contributed by atoms with Gasteiger partial charge in [0, 0.05) is 19.5 Å². The van der Waals surface area contributed by atoms with Crippen molar-refractivity contribution in [1.29, 1.82) is 0 Å². The van der Waals surface area contributed by atoms with Gasteiger partial charge in [-0.05, 0) is 56.6 Å². The molecule has 2 aromatic heterocycles. The largest absolute Gasteiger partial charge is 0.469 e. The van der Waals surface area contributed by atoms with Gasteiger partial charge in [0.2, 0.25) is 0 Å². The molecule has 2 aromatic rings. The molecule has 0 aromatic carbocycles. The summed E-state index contributed by atoms with van der Waals surface area (Å²) in [5.74, 6) is 2.84. The van der Waals surface area contributed by atoms with E-state index in [0.29, 0.717) is 6.54 Å². The van der Waals surface area contributed by atoms with E-state index in [2.05, 4.69) is 28.5 Å². The Kier molecular flexibility index (Phi) is 9.75. The van der Waals surface area contributed by atoms with E-state index in [9.17, 15) is 0 Å². The molecule has 0 amide bonds. The molecule has 1 saturated heterocycles. The highest BCUT2D eigenvalue weighted by molar-refractivity contribution is 14.0. The third-order valence-corrected chi connectivity index (χ3v) is 4.66. The van der Waals surface area contributed by atoms with Gasteiger partial charge in [-0.15, -0.1) is 24.0 Å². The molecule has 3 rings (SSSR count). The summed E-state index contributed by atoms with van der Waals surface area (Å²) in [5, 5.41) is 6.81. The molecular formula is C20H31IN4O2. The zero-order chi connectivity index (χ0) is 18.0. The van der Waals surface area contributed by atoms with Crippen molar-refractivity contribution in [3.63, 3.8) is 0 Å². The Labute approximate surface area is 178 Å². The van der Waals surface area contributed by atoms with Crippen molar-refractivity contribution in [2.45, 2.75) is 38.6 Å². The number of rotatable bonds is 9. The van der Waals surface area contributed by atoms with Crippen LogP contribution in [0.5, 0.6) is 0 Å². The van der Waals surface area contributed by atoms with E-state index in [1.165, 1.54) is 12.8 Å². The first-order valence-corrected chi connectivity index (χ1v) is 9.69. The van der Waals surface area contributed by atoms with Crippen LogP contribution < -0.4 is 10.6 Å². The van der Waals surface area contributed by atoms with Gasteiger partial charge in [-0.1, -0.05) is 6.92 Å². The summed E-state index contributed by atoms with van der Waals surface area (Å²) >= 11 is 0. The lowest BCUT2D eigenvalue weighted by atomic mass is 10.2. The van der Waals surface area contributed by atoms with Gasteiger partial charge >= 0.3 is 0 Å². The van der Waals surface area contributed by atoms with Gasteiger partial charge in [-0.2, -0.15) is 0 Å². The lowest BCUT2D eigenvalue weighted by Gasteiger charge is -2.24. The van der Waals surface area contributed by atoms with Crippen molar-refractivity contribution < 1.29 is 8.83 Å². The second kappa shape index (κ2) is 12.1. The van der Waals surface area contributed by atoms with E-state index in [4.69, 9.17) is 13.8 Å². The van der Waals surface area contributed by atoms with Crippen LogP contribution in [0.2, 0.25) is 0 Å². The summed E-state index contributed by atoms with van der Waals surface area (Å²) in [6.45, 7) is 6.77. The predicted octanol–water partition coefficient (Wildman–Crippen LogP) is 3.82. The first-order chi connectivity index (χ1) is 12.9. The number of furan rings is 2. The Morgan fingerprint density at radius 3 is 2.52 bits per heavy atom. The van der Waals surface area contributed by atoms with Crippen LogP contribution in [0.25, 0.3) is 0 Å². The first-order valence-electron chi connectivity index (χ1n) is 9.69. The van der Waals surface area contributed by atoms with E-state index in [1.807, 2.05) is 18.2 Å². The van der Waals surface area contributed by atoms with Gasteiger partial charge in [0.1, 0.15) is 11.5 Å². The third-order valence-electron chi connectivity index (χ3n) is 4.66. The number of nitrogens with zero attached hydrogens (tertiary/aromatic N) is 2.